The van der Waals surface area contributed by atoms with E-state index in [4.69, 9.17) is 4.74 Å². The van der Waals surface area contributed by atoms with Gasteiger partial charge < -0.3 is 10.1 Å². The minimum absolute atomic E-state index is 0.725. The van der Waals surface area contributed by atoms with Crippen molar-refractivity contribution in [2.45, 2.75) is 40.0 Å². The normalized spacial score (nSPS) is 12.7. The Labute approximate surface area is 118 Å². The van der Waals surface area contributed by atoms with E-state index in [1.807, 2.05) is 0 Å². The second kappa shape index (κ2) is 8.98. The number of ether oxygens (including phenoxy) is 1. The van der Waals surface area contributed by atoms with Crippen LogP contribution in [0, 0.1) is 11.8 Å². The van der Waals surface area contributed by atoms with Crippen molar-refractivity contribution in [2.24, 2.45) is 11.8 Å². The fourth-order valence-corrected chi connectivity index (χ4v) is 2.36. The van der Waals surface area contributed by atoms with E-state index in [-0.39, 0.29) is 0 Å². The molecule has 1 atom stereocenters. The Kier molecular flexibility index (Phi) is 7.57. The van der Waals surface area contributed by atoms with E-state index in [0.29, 0.717) is 0 Å². The topological polar surface area (TPSA) is 21.3 Å². The van der Waals surface area contributed by atoms with Crippen LogP contribution >= 0.6 is 0 Å². The zero-order valence-corrected chi connectivity index (χ0v) is 12.9. The molecular formula is C17H29NO. The first kappa shape index (κ1) is 16.0. The molecule has 1 N–H and O–H groups in total. The molecule has 0 radical (unpaired) electrons. The molecule has 0 bridgehead atoms. The van der Waals surface area contributed by atoms with Crippen molar-refractivity contribution in [2.75, 3.05) is 20.2 Å². The first-order chi connectivity index (χ1) is 9.15. The Morgan fingerprint density at radius 2 is 1.79 bits per heavy atom. The maximum Gasteiger partial charge on any atom is 0.118 e. The number of benzene rings is 1. The van der Waals surface area contributed by atoms with Crippen LogP contribution in [0.1, 0.15) is 39.2 Å². The van der Waals surface area contributed by atoms with Crippen molar-refractivity contribution < 1.29 is 4.74 Å². The highest BCUT2D eigenvalue weighted by atomic mass is 16.5. The van der Waals surface area contributed by atoms with Crippen LogP contribution in [0.4, 0.5) is 0 Å². The summed E-state index contributed by atoms with van der Waals surface area (Å²) in [6.45, 7) is 9.01. The van der Waals surface area contributed by atoms with Crippen LogP contribution < -0.4 is 10.1 Å². The monoisotopic (exact) mass is 263 g/mol. The smallest absolute Gasteiger partial charge is 0.118 e. The third-order valence-electron chi connectivity index (χ3n) is 3.37. The van der Waals surface area contributed by atoms with Gasteiger partial charge in [-0.25, -0.2) is 0 Å². The van der Waals surface area contributed by atoms with Crippen LogP contribution in [-0.4, -0.2) is 20.2 Å². The Balaban J connectivity index is 2.46. The molecule has 0 spiro atoms. The molecule has 0 aliphatic carbocycles. The minimum atomic E-state index is 0.725. The lowest BCUT2D eigenvalue weighted by Gasteiger charge is -2.18. The molecule has 1 unspecified atom stereocenters. The molecule has 1 aromatic rings. The van der Waals surface area contributed by atoms with Gasteiger partial charge in [0.05, 0.1) is 7.11 Å². The lowest BCUT2D eigenvalue weighted by Crippen LogP contribution is -2.27. The van der Waals surface area contributed by atoms with Gasteiger partial charge in [-0.15, -0.1) is 0 Å². The van der Waals surface area contributed by atoms with Gasteiger partial charge in [-0.1, -0.05) is 39.3 Å². The molecule has 19 heavy (non-hydrogen) atoms. The summed E-state index contributed by atoms with van der Waals surface area (Å²) in [4.78, 5) is 0. The average molecular weight is 263 g/mol. The summed E-state index contributed by atoms with van der Waals surface area (Å²) in [6, 6.07) is 8.48. The largest absolute Gasteiger partial charge is 0.497 e. The molecule has 0 saturated heterocycles. The van der Waals surface area contributed by atoms with Crippen LogP contribution in [0.2, 0.25) is 0 Å². The third-order valence-corrected chi connectivity index (χ3v) is 3.37. The molecule has 0 aromatic heterocycles. The zero-order chi connectivity index (χ0) is 14.1. The molecule has 1 rings (SSSR count). The van der Waals surface area contributed by atoms with E-state index >= 15 is 0 Å². The molecule has 0 saturated carbocycles. The molecule has 0 fully saturated rings. The van der Waals surface area contributed by atoms with Crippen molar-refractivity contribution in [1.29, 1.82) is 0 Å². The van der Waals surface area contributed by atoms with E-state index in [1.165, 1.54) is 18.4 Å². The fourth-order valence-electron chi connectivity index (χ4n) is 2.36. The summed E-state index contributed by atoms with van der Waals surface area (Å²) in [6.07, 6.45) is 3.70. The molecule has 1 aromatic carbocycles. The summed E-state index contributed by atoms with van der Waals surface area (Å²) in [5, 5.41) is 3.59. The standard InChI is InChI=1S/C17H29NO/c1-5-6-16(13-18-12-14(2)3)11-15-7-9-17(19-4)10-8-15/h7-10,14,16,18H,5-6,11-13H2,1-4H3. The molecule has 2 nitrogen and oxygen atoms in total. The third kappa shape index (κ3) is 6.63. The van der Waals surface area contributed by atoms with E-state index in [2.05, 4.69) is 50.4 Å². The van der Waals surface area contributed by atoms with Gasteiger partial charge in [-0.3, -0.25) is 0 Å². The molecule has 0 amide bonds. The quantitative estimate of drug-likeness (QED) is 0.729. The summed E-state index contributed by atoms with van der Waals surface area (Å²) in [5.74, 6) is 2.40. The van der Waals surface area contributed by atoms with Crippen molar-refractivity contribution in [1.82, 2.24) is 5.32 Å². The Morgan fingerprint density at radius 3 is 2.32 bits per heavy atom. The minimum Gasteiger partial charge on any atom is -0.497 e. The first-order valence-electron chi connectivity index (χ1n) is 7.49. The molecule has 108 valence electrons. The Bertz CT molecular complexity index is 332. The van der Waals surface area contributed by atoms with Crippen molar-refractivity contribution in [3.05, 3.63) is 29.8 Å². The predicted molar refractivity (Wildman–Crippen MR) is 82.8 cm³/mol. The number of nitrogens with one attached hydrogen (secondary N) is 1. The van der Waals surface area contributed by atoms with Crippen LogP contribution in [-0.2, 0) is 6.42 Å². The van der Waals surface area contributed by atoms with Crippen LogP contribution in [0.25, 0.3) is 0 Å². The maximum atomic E-state index is 5.20. The van der Waals surface area contributed by atoms with Crippen molar-refractivity contribution >= 4 is 0 Å². The number of methoxy groups -OCH3 is 1. The fraction of sp³-hybridized carbons (Fsp3) is 0.647. The predicted octanol–water partition coefficient (Wildman–Crippen LogP) is 3.90. The number of hydrogen-bond acceptors (Lipinski definition) is 2. The summed E-state index contributed by atoms with van der Waals surface area (Å²) < 4.78 is 5.20. The maximum absolute atomic E-state index is 5.20. The summed E-state index contributed by atoms with van der Waals surface area (Å²) in [7, 11) is 1.71. The highest BCUT2D eigenvalue weighted by molar-refractivity contribution is 5.27. The van der Waals surface area contributed by atoms with Gasteiger partial charge in [-0.05, 0) is 55.5 Å². The van der Waals surface area contributed by atoms with Crippen molar-refractivity contribution in [3.8, 4) is 5.75 Å². The van der Waals surface area contributed by atoms with E-state index in [9.17, 15) is 0 Å². The molecule has 0 aliphatic rings. The van der Waals surface area contributed by atoms with Gasteiger partial charge in [0.2, 0.25) is 0 Å². The van der Waals surface area contributed by atoms with Gasteiger partial charge in [-0.2, -0.15) is 0 Å². The van der Waals surface area contributed by atoms with E-state index < -0.39 is 0 Å². The molecular weight excluding hydrogens is 234 g/mol. The SMILES string of the molecule is CCCC(CNCC(C)C)Cc1ccc(OC)cc1. The Hall–Kier alpha value is -1.02. The van der Waals surface area contributed by atoms with Gasteiger partial charge >= 0.3 is 0 Å². The first-order valence-corrected chi connectivity index (χ1v) is 7.49. The van der Waals surface area contributed by atoms with Gasteiger partial charge in [0.25, 0.3) is 0 Å². The highest BCUT2D eigenvalue weighted by Crippen LogP contribution is 2.17. The van der Waals surface area contributed by atoms with Gasteiger partial charge in [0.1, 0.15) is 5.75 Å². The number of hydrogen-bond donors (Lipinski definition) is 1. The summed E-state index contributed by atoms with van der Waals surface area (Å²) in [5.41, 5.74) is 1.41. The average Bonchev–Trinajstić information content (AvgIpc) is 2.39. The van der Waals surface area contributed by atoms with Crippen LogP contribution in [0.3, 0.4) is 0 Å². The molecule has 2 heteroatoms. The zero-order valence-electron chi connectivity index (χ0n) is 12.9. The van der Waals surface area contributed by atoms with E-state index in [1.54, 1.807) is 7.11 Å². The number of rotatable bonds is 9. The Morgan fingerprint density at radius 1 is 1.11 bits per heavy atom. The van der Waals surface area contributed by atoms with Crippen LogP contribution in [0.15, 0.2) is 24.3 Å². The van der Waals surface area contributed by atoms with Gasteiger partial charge in [0, 0.05) is 0 Å². The summed E-state index contributed by atoms with van der Waals surface area (Å²) >= 11 is 0. The van der Waals surface area contributed by atoms with Crippen LogP contribution in [0.5, 0.6) is 5.75 Å². The second-order valence-corrected chi connectivity index (χ2v) is 5.76. The van der Waals surface area contributed by atoms with Gasteiger partial charge in [0.15, 0.2) is 0 Å². The lowest BCUT2D eigenvalue weighted by molar-refractivity contribution is 0.412. The highest BCUT2D eigenvalue weighted by Gasteiger charge is 2.09. The molecule has 0 heterocycles. The lowest BCUT2D eigenvalue weighted by atomic mass is 9.95. The molecule has 0 aliphatic heterocycles. The van der Waals surface area contributed by atoms with E-state index in [0.717, 1.165) is 37.1 Å². The second-order valence-electron chi connectivity index (χ2n) is 5.76. The van der Waals surface area contributed by atoms with Crippen molar-refractivity contribution in [3.63, 3.8) is 0 Å².